The van der Waals surface area contributed by atoms with Crippen LogP contribution in [0.3, 0.4) is 0 Å². The Morgan fingerprint density at radius 2 is 2.00 bits per heavy atom. The lowest BCUT2D eigenvalue weighted by Gasteiger charge is -2.34. The molecule has 0 unspecified atom stereocenters. The highest BCUT2D eigenvalue weighted by Gasteiger charge is 2.18. The Hall–Kier alpha value is -2.06. The van der Waals surface area contributed by atoms with E-state index in [0.29, 0.717) is 18.9 Å². The number of aryl methyl sites for hydroxylation is 1. The SMILES string of the molecule is N#CCCNC1CCN(c2ccc(CCC(=O)O)cc2)CC1. The molecule has 5 nitrogen and oxygen atoms in total. The van der Waals surface area contributed by atoms with Crippen molar-refractivity contribution in [2.24, 2.45) is 0 Å². The van der Waals surface area contributed by atoms with E-state index in [-0.39, 0.29) is 6.42 Å². The molecule has 0 spiro atoms. The van der Waals surface area contributed by atoms with E-state index in [0.717, 1.165) is 38.0 Å². The molecule has 1 fully saturated rings. The summed E-state index contributed by atoms with van der Waals surface area (Å²) in [6, 6.07) is 10.9. The zero-order chi connectivity index (χ0) is 15.8. The summed E-state index contributed by atoms with van der Waals surface area (Å²) in [6.45, 7) is 2.80. The third kappa shape index (κ3) is 5.05. The first-order chi connectivity index (χ1) is 10.7. The van der Waals surface area contributed by atoms with E-state index >= 15 is 0 Å². The minimum atomic E-state index is -0.755. The molecule has 1 saturated heterocycles. The van der Waals surface area contributed by atoms with Crippen molar-refractivity contribution in [2.45, 2.75) is 38.1 Å². The summed E-state index contributed by atoms with van der Waals surface area (Å²) in [5.74, 6) is -0.755. The lowest BCUT2D eigenvalue weighted by atomic mass is 10.0. The molecule has 0 radical (unpaired) electrons. The minimum Gasteiger partial charge on any atom is -0.481 e. The zero-order valence-corrected chi connectivity index (χ0v) is 12.8. The number of carboxylic acids is 1. The second kappa shape index (κ2) is 8.40. The third-order valence-corrected chi connectivity index (χ3v) is 4.09. The summed E-state index contributed by atoms with van der Waals surface area (Å²) in [7, 11) is 0. The quantitative estimate of drug-likeness (QED) is 0.755. The highest BCUT2D eigenvalue weighted by Crippen LogP contribution is 2.21. The topological polar surface area (TPSA) is 76.4 Å². The van der Waals surface area contributed by atoms with Crippen molar-refractivity contribution in [2.75, 3.05) is 24.5 Å². The number of benzene rings is 1. The second-order valence-electron chi connectivity index (χ2n) is 5.68. The molecular weight excluding hydrogens is 278 g/mol. The second-order valence-corrected chi connectivity index (χ2v) is 5.68. The van der Waals surface area contributed by atoms with Gasteiger partial charge >= 0.3 is 5.97 Å². The summed E-state index contributed by atoms with van der Waals surface area (Å²) in [4.78, 5) is 12.9. The molecule has 1 heterocycles. The van der Waals surface area contributed by atoms with Gasteiger partial charge in [-0.1, -0.05) is 12.1 Å². The first-order valence-corrected chi connectivity index (χ1v) is 7.85. The summed E-state index contributed by atoms with van der Waals surface area (Å²) in [5, 5.41) is 20.7. The first kappa shape index (κ1) is 16.3. The van der Waals surface area contributed by atoms with Crippen molar-refractivity contribution in [3.63, 3.8) is 0 Å². The molecule has 0 saturated carbocycles. The van der Waals surface area contributed by atoms with Crippen LogP contribution >= 0.6 is 0 Å². The fourth-order valence-electron chi connectivity index (χ4n) is 2.80. The molecule has 118 valence electrons. The van der Waals surface area contributed by atoms with E-state index < -0.39 is 5.97 Å². The van der Waals surface area contributed by atoms with Crippen LogP contribution in [0, 0.1) is 11.3 Å². The summed E-state index contributed by atoms with van der Waals surface area (Å²) in [6.07, 6.45) is 3.51. The van der Waals surface area contributed by atoms with Gasteiger partial charge in [0.15, 0.2) is 0 Å². The van der Waals surface area contributed by atoms with Crippen LogP contribution in [0.4, 0.5) is 5.69 Å². The Labute approximate surface area is 131 Å². The smallest absolute Gasteiger partial charge is 0.303 e. The number of nitrogens with zero attached hydrogens (tertiary/aromatic N) is 2. The van der Waals surface area contributed by atoms with E-state index in [2.05, 4.69) is 28.4 Å². The van der Waals surface area contributed by atoms with Gasteiger partial charge in [0.1, 0.15) is 0 Å². The number of aliphatic carboxylic acids is 1. The molecule has 1 aliphatic rings. The number of rotatable bonds is 7. The number of piperidine rings is 1. The van der Waals surface area contributed by atoms with Gasteiger partial charge in [-0.2, -0.15) is 5.26 Å². The van der Waals surface area contributed by atoms with Crippen LogP contribution in [0.1, 0.15) is 31.2 Å². The van der Waals surface area contributed by atoms with E-state index in [1.807, 2.05) is 12.1 Å². The molecule has 1 aromatic carbocycles. The van der Waals surface area contributed by atoms with Crippen molar-refractivity contribution in [1.29, 1.82) is 5.26 Å². The van der Waals surface area contributed by atoms with Gasteiger partial charge in [0.25, 0.3) is 0 Å². The van der Waals surface area contributed by atoms with Crippen LogP contribution in [0.15, 0.2) is 24.3 Å². The maximum Gasteiger partial charge on any atom is 0.303 e. The van der Waals surface area contributed by atoms with E-state index in [1.165, 1.54) is 5.69 Å². The van der Waals surface area contributed by atoms with Crippen molar-refractivity contribution >= 4 is 11.7 Å². The molecule has 2 rings (SSSR count). The number of anilines is 1. The fourth-order valence-corrected chi connectivity index (χ4v) is 2.80. The van der Waals surface area contributed by atoms with Crippen LogP contribution in [0.5, 0.6) is 0 Å². The minimum absolute atomic E-state index is 0.180. The van der Waals surface area contributed by atoms with Gasteiger partial charge in [-0.25, -0.2) is 0 Å². The van der Waals surface area contributed by atoms with Gasteiger partial charge in [0.2, 0.25) is 0 Å². The maximum absolute atomic E-state index is 10.6. The third-order valence-electron chi connectivity index (χ3n) is 4.09. The van der Waals surface area contributed by atoms with Gasteiger partial charge in [-0.15, -0.1) is 0 Å². The lowest BCUT2D eigenvalue weighted by molar-refractivity contribution is -0.136. The van der Waals surface area contributed by atoms with Crippen molar-refractivity contribution < 1.29 is 9.90 Å². The van der Waals surface area contributed by atoms with E-state index in [9.17, 15) is 4.79 Å². The average molecular weight is 301 g/mol. The molecule has 0 bridgehead atoms. The summed E-state index contributed by atoms with van der Waals surface area (Å²) < 4.78 is 0. The molecule has 2 N–H and O–H groups in total. The number of hydrogen-bond donors (Lipinski definition) is 2. The Morgan fingerprint density at radius 1 is 1.32 bits per heavy atom. The Bertz CT molecular complexity index is 514. The predicted molar refractivity (Wildman–Crippen MR) is 85.9 cm³/mol. The van der Waals surface area contributed by atoms with Crippen molar-refractivity contribution in [3.05, 3.63) is 29.8 Å². The molecular formula is C17H23N3O2. The molecule has 0 atom stereocenters. The van der Waals surface area contributed by atoms with Gasteiger partial charge in [-0.05, 0) is 37.0 Å². The molecule has 1 aliphatic heterocycles. The normalized spacial score (nSPS) is 15.5. The number of nitriles is 1. The van der Waals surface area contributed by atoms with Gasteiger partial charge < -0.3 is 15.3 Å². The highest BCUT2D eigenvalue weighted by atomic mass is 16.4. The van der Waals surface area contributed by atoms with Crippen LogP contribution in [-0.2, 0) is 11.2 Å². The largest absolute Gasteiger partial charge is 0.481 e. The molecule has 0 amide bonds. The molecule has 5 heteroatoms. The van der Waals surface area contributed by atoms with E-state index in [4.69, 9.17) is 10.4 Å². The van der Waals surface area contributed by atoms with Crippen LogP contribution in [0.25, 0.3) is 0 Å². The number of carbonyl (C=O) groups is 1. The van der Waals surface area contributed by atoms with Gasteiger partial charge in [-0.3, -0.25) is 4.79 Å². The zero-order valence-electron chi connectivity index (χ0n) is 12.8. The predicted octanol–water partition coefficient (Wildman–Crippen LogP) is 2.18. The van der Waals surface area contributed by atoms with Crippen molar-refractivity contribution in [1.82, 2.24) is 5.32 Å². The average Bonchev–Trinajstić information content (AvgIpc) is 2.54. The molecule has 0 aromatic heterocycles. The Morgan fingerprint density at radius 3 is 2.59 bits per heavy atom. The molecule has 1 aromatic rings. The Balaban J connectivity index is 1.79. The monoisotopic (exact) mass is 301 g/mol. The van der Waals surface area contributed by atoms with Crippen LogP contribution < -0.4 is 10.2 Å². The first-order valence-electron chi connectivity index (χ1n) is 7.85. The maximum atomic E-state index is 10.6. The highest BCUT2D eigenvalue weighted by molar-refractivity contribution is 5.67. The van der Waals surface area contributed by atoms with Gasteiger partial charge in [0.05, 0.1) is 6.07 Å². The summed E-state index contributed by atoms with van der Waals surface area (Å²) >= 11 is 0. The number of hydrogen-bond acceptors (Lipinski definition) is 4. The van der Waals surface area contributed by atoms with E-state index in [1.54, 1.807) is 0 Å². The van der Waals surface area contributed by atoms with Gasteiger partial charge in [0, 0.05) is 44.2 Å². The summed E-state index contributed by atoms with van der Waals surface area (Å²) in [5.41, 5.74) is 2.27. The fraction of sp³-hybridized carbons (Fsp3) is 0.529. The van der Waals surface area contributed by atoms with Crippen LogP contribution in [0.2, 0.25) is 0 Å². The number of carboxylic acid groups (broad SMARTS) is 1. The van der Waals surface area contributed by atoms with Crippen LogP contribution in [-0.4, -0.2) is 36.8 Å². The molecule has 22 heavy (non-hydrogen) atoms. The lowest BCUT2D eigenvalue weighted by Crippen LogP contribution is -2.42. The number of nitrogens with one attached hydrogen (secondary N) is 1. The Kier molecular flexibility index (Phi) is 6.23. The van der Waals surface area contributed by atoms with Crippen molar-refractivity contribution in [3.8, 4) is 6.07 Å². The standard InChI is InChI=1S/C17H23N3O2/c18-10-1-11-19-15-8-12-20(13-9-15)16-5-2-14(3-6-16)4-7-17(21)22/h2-3,5-6,15,19H,1,4,7-9,11-13H2,(H,21,22). The molecule has 0 aliphatic carbocycles.